The molecule has 0 radical (unpaired) electrons. The Kier molecular flexibility index (Phi) is 2.93. The third-order valence-electron chi connectivity index (χ3n) is 6.11. The number of hydrogen-bond acceptors (Lipinski definition) is 1. The van der Waals surface area contributed by atoms with E-state index in [1.165, 1.54) is 16.3 Å². The Morgan fingerprint density at radius 1 is 1.07 bits per heavy atom. The van der Waals surface area contributed by atoms with E-state index in [0.717, 1.165) is 27.6 Å². The lowest BCUT2D eigenvalue weighted by molar-refractivity contribution is -0.462. The van der Waals surface area contributed by atoms with Gasteiger partial charge in [-0.2, -0.15) is 4.40 Å². The quantitative estimate of drug-likeness (QED) is 0.255. The minimum atomic E-state index is -3.32. The summed E-state index contributed by atoms with van der Waals surface area (Å²) in [6.45, 7) is 10.5. The molecule has 1 aliphatic heterocycles. The summed E-state index contributed by atoms with van der Waals surface area (Å²) in [5.74, 6) is 1.03. The standard InChI is InChI=1S/C24H29N2OSi/c1-14(2)17-10-8-11-18-19-12-9-13-20-22(19)26-23(21(17)18)25(15(3)4)16(5)24(26)28(6,7)27-20/h8-15H,1-7H3/q+1/i6D3. The van der Waals surface area contributed by atoms with Crippen molar-refractivity contribution in [3.05, 3.63) is 47.7 Å². The molecule has 0 spiro atoms. The zero-order valence-electron chi connectivity index (χ0n) is 20.4. The third kappa shape index (κ3) is 2.07. The number of hydrogen-bond donors (Lipinski definition) is 0. The fraction of sp³-hybridized carbons (Fsp3) is 0.375. The SMILES string of the molecule is [2H]C([2H])([2H])[Si]1(C)Oc2cccc3c4cccc(C(C)C)c4c4n(C(C)C)c(C)c1[n+]4c23. The van der Waals surface area contributed by atoms with E-state index in [1.54, 1.807) is 0 Å². The second-order valence-corrected chi connectivity index (χ2v) is 11.5. The van der Waals surface area contributed by atoms with Gasteiger partial charge in [0.1, 0.15) is 5.69 Å². The Balaban J connectivity index is 2.19. The van der Waals surface area contributed by atoms with Crippen LogP contribution in [0.25, 0.3) is 27.3 Å². The highest BCUT2D eigenvalue weighted by molar-refractivity contribution is 6.84. The lowest BCUT2D eigenvalue weighted by Gasteiger charge is -2.27. The molecule has 1 unspecified atom stereocenters. The van der Waals surface area contributed by atoms with Crippen LogP contribution in [0.4, 0.5) is 0 Å². The molecule has 1 aliphatic rings. The van der Waals surface area contributed by atoms with Crippen LogP contribution in [0.2, 0.25) is 13.0 Å². The van der Waals surface area contributed by atoms with Crippen molar-refractivity contribution in [3.63, 3.8) is 0 Å². The number of fused-ring (bicyclic) bond motifs is 3. The molecule has 3 nitrogen and oxygen atoms in total. The molecule has 0 saturated carbocycles. The van der Waals surface area contributed by atoms with Crippen molar-refractivity contribution in [2.24, 2.45) is 0 Å². The Morgan fingerprint density at radius 3 is 2.46 bits per heavy atom. The lowest BCUT2D eigenvalue weighted by Crippen LogP contribution is -2.62. The summed E-state index contributed by atoms with van der Waals surface area (Å²) >= 11 is 0. The molecule has 0 amide bonds. The van der Waals surface area contributed by atoms with Crippen molar-refractivity contribution >= 4 is 41.0 Å². The van der Waals surface area contributed by atoms with Crippen LogP contribution in [-0.2, 0) is 0 Å². The van der Waals surface area contributed by atoms with Gasteiger partial charge in [0.15, 0.2) is 16.6 Å². The van der Waals surface area contributed by atoms with Crippen molar-refractivity contribution in [1.82, 2.24) is 4.57 Å². The first-order chi connectivity index (χ1) is 14.5. The molecule has 0 fully saturated rings. The van der Waals surface area contributed by atoms with Crippen LogP contribution in [0, 0.1) is 6.92 Å². The molecule has 0 bridgehead atoms. The minimum Gasteiger partial charge on any atom is -0.533 e. The number of aromatic nitrogens is 2. The van der Waals surface area contributed by atoms with Gasteiger partial charge in [-0.25, -0.2) is 4.57 Å². The number of nitrogens with zero attached hydrogens (tertiary/aromatic N) is 2. The van der Waals surface area contributed by atoms with Crippen molar-refractivity contribution in [3.8, 4) is 5.75 Å². The van der Waals surface area contributed by atoms with Crippen molar-refractivity contribution in [1.29, 1.82) is 0 Å². The average Bonchev–Trinajstić information content (AvgIpc) is 3.00. The topological polar surface area (TPSA) is 18.3 Å². The van der Waals surface area contributed by atoms with Crippen LogP contribution < -0.4 is 14.1 Å². The maximum Gasteiger partial charge on any atom is 0.324 e. The van der Waals surface area contributed by atoms with E-state index in [2.05, 4.69) is 67.9 Å². The van der Waals surface area contributed by atoms with E-state index in [4.69, 9.17) is 8.54 Å². The molecule has 0 saturated heterocycles. The van der Waals surface area contributed by atoms with E-state index in [1.807, 2.05) is 18.7 Å². The molecule has 1 atom stereocenters. The highest BCUT2D eigenvalue weighted by Crippen LogP contribution is 2.38. The first-order valence-electron chi connectivity index (χ1n) is 11.6. The van der Waals surface area contributed by atoms with E-state index in [-0.39, 0.29) is 6.04 Å². The van der Waals surface area contributed by atoms with Gasteiger partial charge >= 0.3 is 8.32 Å². The number of pyridine rings is 1. The van der Waals surface area contributed by atoms with Gasteiger partial charge in [0.25, 0.3) is 5.65 Å². The summed E-state index contributed by atoms with van der Waals surface area (Å²) < 4.78 is 36.4. The summed E-state index contributed by atoms with van der Waals surface area (Å²) in [7, 11) is -3.32. The van der Waals surface area contributed by atoms with E-state index >= 15 is 0 Å². The van der Waals surface area contributed by atoms with Gasteiger partial charge in [0.05, 0.1) is 11.4 Å². The van der Waals surface area contributed by atoms with Crippen molar-refractivity contribution < 1.29 is 12.9 Å². The van der Waals surface area contributed by atoms with Gasteiger partial charge in [0.2, 0.25) is 0 Å². The second-order valence-electron chi connectivity index (χ2n) is 8.77. The van der Waals surface area contributed by atoms with E-state index in [9.17, 15) is 0 Å². The average molecular weight is 393 g/mol. The molecule has 144 valence electrons. The van der Waals surface area contributed by atoms with Crippen LogP contribution in [-0.4, -0.2) is 12.9 Å². The van der Waals surface area contributed by atoms with Crippen molar-refractivity contribution in [2.45, 2.75) is 59.6 Å². The van der Waals surface area contributed by atoms with Gasteiger partial charge in [-0.15, -0.1) is 0 Å². The Hall–Kier alpha value is -2.33. The molecule has 0 aliphatic carbocycles. The predicted molar refractivity (Wildman–Crippen MR) is 120 cm³/mol. The third-order valence-corrected chi connectivity index (χ3v) is 8.22. The lowest BCUT2D eigenvalue weighted by atomic mass is 9.94. The zero-order valence-corrected chi connectivity index (χ0v) is 18.4. The molecule has 2 aromatic carbocycles. The number of rotatable bonds is 2. The summed E-state index contributed by atoms with van der Waals surface area (Å²) in [5, 5.41) is 4.38. The molecule has 4 aromatic rings. The number of imidazole rings is 1. The molecule has 5 rings (SSSR count). The fourth-order valence-corrected chi connectivity index (χ4v) is 7.29. The zero-order chi connectivity index (χ0) is 22.5. The van der Waals surface area contributed by atoms with Crippen LogP contribution in [0.3, 0.4) is 0 Å². The summed E-state index contributed by atoms with van der Waals surface area (Å²) in [6.07, 6.45) is 0. The molecule has 3 heterocycles. The van der Waals surface area contributed by atoms with Crippen LogP contribution in [0.15, 0.2) is 36.4 Å². The molecular formula is C24H29N2OSi+. The second kappa shape index (κ2) is 5.60. The normalized spacial score (nSPS) is 20.9. The Bertz CT molecular complexity index is 1390. The molecule has 4 heteroatoms. The fourth-order valence-electron chi connectivity index (χ4n) is 5.13. The number of para-hydroxylation sites is 1. The first kappa shape index (κ1) is 14.6. The maximum absolute atomic E-state index is 8.45. The maximum atomic E-state index is 8.45. The van der Waals surface area contributed by atoms with Gasteiger partial charge in [-0.1, -0.05) is 38.1 Å². The summed E-state index contributed by atoms with van der Waals surface area (Å²) in [4.78, 5) is 0. The van der Waals surface area contributed by atoms with E-state index < -0.39 is 14.8 Å². The van der Waals surface area contributed by atoms with Gasteiger partial charge in [-0.3, -0.25) is 0 Å². The Labute approximate surface area is 171 Å². The van der Waals surface area contributed by atoms with Gasteiger partial charge in [0, 0.05) is 21.8 Å². The van der Waals surface area contributed by atoms with Crippen LogP contribution in [0.5, 0.6) is 5.75 Å². The summed E-state index contributed by atoms with van der Waals surface area (Å²) in [6, 6.07) is 12.7. The van der Waals surface area contributed by atoms with Crippen molar-refractivity contribution in [2.75, 3.05) is 0 Å². The number of benzene rings is 2. The molecular weight excluding hydrogens is 360 g/mol. The Morgan fingerprint density at radius 2 is 1.79 bits per heavy atom. The highest BCUT2D eigenvalue weighted by Gasteiger charge is 2.46. The van der Waals surface area contributed by atoms with Gasteiger partial charge < -0.3 is 4.43 Å². The minimum absolute atomic E-state index is 0.185. The van der Waals surface area contributed by atoms with Crippen LogP contribution in [0.1, 0.15) is 55.0 Å². The highest BCUT2D eigenvalue weighted by atomic mass is 28.4. The first-order valence-corrected chi connectivity index (χ1v) is 12.5. The van der Waals surface area contributed by atoms with E-state index in [0.29, 0.717) is 11.7 Å². The predicted octanol–water partition coefficient (Wildman–Crippen LogP) is 5.35. The smallest absolute Gasteiger partial charge is 0.324 e. The molecule has 0 N–H and O–H groups in total. The summed E-state index contributed by atoms with van der Waals surface area (Å²) in [5.41, 5.74) is 4.36. The molecule has 28 heavy (non-hydrogen) atoms. The monoisotopic (exact) mass is 392 g/mol. The molecule has 2 aromatic heterocycles. The largest absolute Gasteiger partial charge is 0.533 e. The van der Waals surface area contributed by atoms with Gasteiger partial charge in [-0.05, 0) is 50.5 Å². The van der Waals surface area contributed by atoms with Crippen LogP contribution >= 0.6 is 0 Å².